The van der Waals surface area contributed by atoms with Crippen molar-refractivity contribution in [2.24, 2.45) is 0 Å². The summed E-state index contributed by atoms with van der Waals surface area (Å²) >= 11 is 0. The highest BCUT2D eigenvalue weighted by molar-refractivity contribution is 7.47. The number of unbranched alkanes of at least 4 members (excludes halogenated alkanes) is 20. The van der Waals surface area contributed by atoms with Crippen LogP contribution in [-0.4, -0.2) is 73.4 Å². The molecule has 0 saturated carbocycles. The van der Waals surface area contributed by atoms with Gasteiger partial charge in [0.1, 0.15) is 13.2 Å². The fourth-order valence-electron chi connectivity index (χ4n) is 5.33. The summed E-state index contributed by atoms with van der Waals surface area (Å²) in [6.45, 7) is 4.73. The van der Waals surface area contributed by atoms with Gasteiger partial charge < -0.3 is 19.8 Å². The van der Waals surface area contributed by atoms with Crippen molar-refractivity contribution in [1.29, 1.82) is 0 Å². The van der Waals surface area contributed by atoms with Crippen molar-refractivity contribution in [2.75, 3.05) is 40.9 Å². The largest absolute Gasteiger partial charge is 0.472 e. The number of phosphoric ester groups is 1. The van der Waals surface area contributed by atoms with Crippen molar-refractivity contribution in [3.8, 4) is 0 Å². The zero-order chi connectivity index (χ0) is 35.1. The normalized spacial score (nSPS) is 15.0. The molecule has 0 aliphatic heterocycles. The Hall–Kier alpha value is -1.02. The number of carbonyl (C=O) groups excluding carboxylic acids is 1. The van der Waals surface area contributed by atoms with E-state index in [1.54, 1.807) is 12.2 Å². The number of phosphoric acid groups is 1. The Morgan fingerprint density at radius 1 is 0.723 bits per heavy atom. The molecule has 1 amide bonds. The third-order valence-corrected chi connectivity index (χ3v) is 9.46. The van der Waals surface area contributed by atoms with Gasteiger partial charge in [-0.25, -0.2) is 4.57 Å². The molecule has 8 nitrogen and oxygen atoms in total. The lowest BCUT2D eigenvalue weighted by Crippen LogP contribution is -2.45. The summed E-state index contributed by atoms with van der Waals surface area (Å²) in [5.41, 5.74) is 0. The standard InChI is InChI=1S/C38H75N2O6P/c1-6-8-10-12-14-16-18-19-20-21-22-24-26-28-30-32-38(42)39-36(35-46-47(43,44)45-34-33-40(3,4)5)37(41)31-29-27-25-23-17-15-13-11-9-7-2/h25,27,29,31,36-37,41H,6-24,26,28,30,32-35H2,1-5H3,(H-,39,42,43,44)/p+1/b27-25+,31-29+/t36-,37+/m0/s1. The zero-order valence-corrected chi connectivity index (χ0v) is 32.2. The Morgan fingerprint density at radius 3 is 1.68 bits per heavy atom. The van der Waals surface area contributed by atoms with Gasteiger partial charge in [-0.15, -0.1) is 0 Å². The van der Waals surface area contributed by atoms with Crippen LogP contribution in [0.5, 0.6) is 0 Å². The molecule has 0 aromatic heterocycles. The number of hydrogen-bond acceptors (Lipinski definition) is 5. The maximum atomic E-state index is 12.8. The molecule has 3 atom stereocenters. The maximum absolute atomic E-state index is 12.8. The highest BCUT2D eigenvalue weighted by Crippen LogP contribution is 2.43. The first-order chi connectivity index (χ1) is 22.5. The third kappa shape index (κ3) is 33.3. The number of likely N-dealkylation sites (N-methyl/N-ethyl adjacent to an activating group) is 1. The van der Waals surface area contributed by atoms with Crippen LogP contribution in [0.2, 0.25) is 0 Å². The van der Waals surface area contributed by atoms with E-state index in [2.05, 4.69) is 25.2 Å². The van der Waals surface area contributed by atoms with Crippen LogP contribution < -0.4 is 5.32 Å². The van der Waals surface area contributed by atoms with Gasteiger partial charge in [0.2, 0.25) is 5.91 Å². The summed E-state index contributed by atoms with van der Waals surface area (Å²) in [5, 5.41) is 13.7. The quantitative estimate of drug-likeness (QED) is 0.0269. The van der Waals surface area contributed by atoms with Crippen molar-refractivity contribution in [2.45, 2.75) is 174 Å². The molecule has 47 heavy (non-hydrogen) atoms. The number of rotatable bonds is 34. The van der Waals surface area contributed by atoms with Crippen LogP contribution in [-0.2, 0) is 18.4 Å². The molecule has 278 valence electrons. The number of allylic oxidation sites excluding steroid dienone is 3. The molecule has 9 heteroatoms. The summed E-state index contributed by atoms with van der Waals surface area (Å²) in [6.07, 6.45) is 34.0. The van der Waals surface area contributed by atoms with Crippen LogP contribution >= 0.6 is 7.82 Å². The smallest absolute Gasteiger partial charge is 0.387 e. The van der Waals surface area contributed by atoms with E-state index in [0.29, 0.717) is 17.4 Å². The molecule has 0 spiro atoms. The van der Waals surface area contributed by atoms with Gasteiger partial charge in [-0.05, 0) is 19.3 Å². The second-order valence-corrected chi connectivity index (χ2v) is 15.8. The van der Waals surface area contributed by atoms with E-state index in [9.17, 15) is 19.4 Å². The summed E-state index contributed by atoms with van der Waals surface area (Å²) in [4.78, 5) is 22.9. The maximum Gasteiger partial charge on any atom is 0.472 e. The number of aliphatic hydroxyl groups excluding tert-OH is 1. The van der Waals surface area contributed by atoms with Gasteiger partial charge in [-0.2, -0.15) is 0 Å². The van der Waals surface area contributed by atoms with Crippen molar-refractivity contribution in [1.82, 2.24) is 5.32 Å². The first-order valence-electron chi connectivity index (χ1n) is 19.2. The molecule has 0 aliphatic carbocycles. The minimum Gasteiger partial charge on any atom is -0.387 e. The molecular weight excluding hydrogens is 611 g/mol. The summed E-state index contributed by atoms with van der Waals surface area (Å²) < 4.78 is 23.4. The van der Waals surface area contributed by atoms with E-state index in [4.69, 9.17) is 9.05 Å². The fourth-order valence-corrected chi connectivity index (χ4v) is 6.07. The van der Waals surface area contributed by atoms with Gasteiger partial charge in [-0.1, -0.05) is 160 Å². The van der Waals surface area contributed by atoms with Crippen LogP contribution in [0.25, 0.3) is 0 Å². The van der Waals surface area contributed by atoms with Crippen LogP contribution in [0, 0.1) is 0 Å². The van der Waals surface area contributed by atoms with E-state index in [0.717, 1.165) is 32.1 Å². The van der Waals surface area contributed by atoms with E-state index in [1.165, 1.54) is 109 Å². The van der Waals surface area contributed by atoms with E-state index < -0.39 is 20.0 Å². The molecule has 0 aromatic carbocycles. The lowest BCUT2D eigenvalue weighted by atomic mass is 10.0. The summed E-state index contributed by atoms with van der Waals surface area (Å²) in [7, 11) is 1.55. The molecule has 0 aromatic rings. The van der Waals surface area contributed by atoms with E-state index >= 15 is 0 Å². The number of amides is 1. The number of carbonyl (C=O) groups is 1. The number of aliphatic hydroxyl groups is 1. The number of hydrogen-bond donors (Lipinski definition) is 3. The minimum absolute atomic E-state index is 0.0549. The monoisotopic (exact) mass is 688 g/mol. The van der Waals surface area contributed by atoms with Crippen LogP contribution in [0.3, 0.4) is 0 Å². The van der Waals surface area contributed by atoms with Gasteiger partial charge >= 0.3 is 7.82 Å². The van der Waals surface area contributed by atoms with Crippen molar-refractivity contribution >= 4 is 13.7 Å². The molecule has 0 saturated heterocycles. The molecule has 0 bridgehead atoms. The molecule has 0 aliphatic rings. The molecule has 0 heterocycles. The number of quaternary nitrogens is 1. The highest BCUT2D eigenvalue weighted by Gasteiger charge is 2.27. The Balaban J connectivity index is 4.52. The second kappa shape index (κ2) is 31.0. The minimum atomic E-state index is -4.33. The Bertz CT molecular complexity index is 829. The number of nitrogens with one attached hydrogen (secondary N) is 1. The summed E-state index contributed by atoms with van der Waals surface area (Å²) in [5.74, 6) is -0.196. The SMILES string of the molecule is CCCCCCCC/C=C/C=C/[C@@H](O)[C@H](COP(=O)(O)OCC[N+](C)(C)C)NC(=O)CCCCCCCCCCCCCCCCC. The van der Waals surface area contributed by atoms with Gasteiger partial charge in [0.05, 0.1) is 39.9 Å². The molecule has 0 rings (SSSR count). The van der Waals surface area contributed by atoms with Crippen LogP contribution in [0.15, 0.2) is 24.3 Å². The molecule has 1 unspecified atom stereocenters. The third-order valence-electron chi connectivity index (χ3n) is 8.48. The average molecular weight is 688 g/mol. The van der Waals surface area contributed by atoms with Crippen molar-refractivity contribution in [3.63, 3.8) is 0 Å². The van der Waals surface area contributed by atoms with Gasteiger partial charge in [0, 0.05) is 6.42 Å². The van der Waals surface area contributed by atoms with Crippen LogP contribution in [0.1, 0.15) is 162 Å². The Kier molecular flexibility index (Phi) is 30.3. The predicted molar refractivity (Wildman–Crippen MR) is 198 cm³/mol. The van der Waals surface area contributed by atoms with Gasteiger partial charge in [0.25, 0.3) is 0 Å². The molecule has 3 N–H and O–H groups in total. The topological polar surface area (TPSA) is 105 Å². The van der Waals surface area contributed by atoms with E-state index in [1.807, 2.05) is 27.2 Å². The Morgan fingerprint density at radius 2 is 1.19 bits per heavy atom. The summed E-state index contributed by atoms with van der Waals surface area (Å²) in [6, 6.07) is -0.871. The zero-order valence-electron chi connectivity index (χ0n) is 31.3. The molecule has 0 radical (unpaired) electrons. The lowest BCUT2D eigenvalue weighted by molar-refractivity contribution is -0.870. The first-order valence-corrected chi connectivity index (χ1v) is 20.7. The molecular formula is C38H76N2O6P+. The van der Waals surface area contributed by atoms with E-state index in [-0.39, 0.29) is 19.1 Å². The average Bonchev–Trinajstić information content (AvgIpc) is 3.01. The lowest BCUT2D eigenvalue weighted by Gasteiger charge is -2.25. The van der Waals surface area contributed by atoms with Gasteiger partial charge in [0.15, 0.2) is 0 Å². The second-order valence-electron chi connectivity index (χ2n) is 14.3. The Labute approximate surface area is 290 Å². The highest BCUT2D eigenvalue weighted by atomic mass is 31.2. The van der Waals surface area contributed by atoms with Crippen LogP contribution in [0.4, 0.5) is 0 Å². The first kappa shape index (κ1) is 46.0. The predicted octanol–water partition coefficient (Wildman–Crippen LogP) is 9.80. The number of nitrogens with zero attached hydrogens (tertiary/aromatic N) is 1. The van der Waals surface area contributed by atoms with Crippen molar-refractivity contribution < 1.29 is 32.9 Å². The van der Waals surface area contributed by atoms with Crippen molar-refractivity contribution in [3.05, 3.63) is 24.3 Å². The fraction of sp³-hybridized carbons (Fsp3) is 0.868. The molecule has 0 fully saturated rings. The van der Waals surface area contributed by atoms with Gasteiger partial charge in [-0.3, -0.25) is 13.8 Å².